The van der Waals surface area contributed by atoms with E-state index in [-0.39, 0.29) is 18.1 Å². The minimum Gasteiger partial charge on any atom is -0.309 e. The van der Waals surface area contributed by atoms with Gasteiger partial charge in [0.1, 0.15) is 5.82 Å². The fourth-order valence-electron chi connectivity index (χ4n) is 4.05. The normalized spacial score (nSPS) is 14.4. The zero-order valence-electron chi connectivity index (χ0n) is 17.0. The van der Waals surface area contributed by atoms with E-state index in [4.69, 9.17) is 4.98 Å². The standard InChI is InChI=1S/C25H26FN3O/c26-21-13-11-19(12-14-21)16-24(30)29-25-22(15-18-7-3-1-4-8-18)28-23(17-27-25)20-9-5-2-6-10-20/h2,5-6,9-14,17-18H,1,3-4,7-8,15-16H2,(H,27,29,30). The number of carbonyl (C=O) groups is 1. The number of hydrogen-bond donors (Lipinski definition) is 1. The van der Waals surface area contributed by atoms with Crippen molar-refractivity contribution in [3.63, 3.8) is 0 Å². The summed E-state index contributed by atoms with van der Waals surface area (Å²) in [6.07, 6.45) is 8.90. The van der Waals surface area contributed by atoms with Gasteiger partial charge in [-0.05, 0) is 30.0 Å². The third kappa shape index (κ3) is 5.29. The lowest BCUT2D eigenvalue weighted by atomic mass is 9.86. The summed E-state index contributed by atoms with van der Waals surface area (Å²) >= 11 is 0. The number of halogens is 1. The molecule has 0 spiro atoms. The molecule has 1 fully saturated rings. The van der Waals surface area contributed by atoms with E-state index in [0.29, 0.717) is 11.7 Å². The summed E-state index contributed by atoms with van der Waals surface area (Å²) < 4.78 is 13.1. The van der Waals surface area contributed by atoms with Crippen LogP contribution in [0, 0.1) is 11.7 Å². The first-order valence-electron chi connectivity index (χ1n) is 10.6. The molecular formula is C25H26FN3O. The summed E-state index contributed by atoms with van der Waals surface area (Å²) in [6.45, 7) is 0. The lowest BCUT2D eigenvalue weighted by molar-refractivity contribution is -0.115. The summed E-state index contributed by atoms with van der Waals surface area (Å²) in [5.41, 5.74) is 3.43. The minimum absolute atomic E-state index is 0.172. The van der Waals surface area contributed by atoms with Gasteiger partial charge in [-0.25, -0.2) is 14.4 Å². The van der Waals surface area contributed by atoms with Crippen LogP contribution in [0.15, 0.2) is 60.8 Å². The van der Waals surface area contributed by atoms with Gasteiger partial charge in [-0.3, -0.25) is 4.79 Å². The quantitative estimate of drug-likeness (QED) is 0.584. The first-order valence-corrected chi connectivity index (χ1v) is 10.6. The van der Waals surface area contributed by atoms with Crippen LogP contribution in [0.5, 0.6) is 0 Å². The lowest BCUT2D eigenvalue weighted by Gasteiger charge is -2.22. The molecule has 1 N–H and O–H groups in total. The molecule has 2 aromatic carbocycles. The van der Waals surface area contributed by atoms with Gasteiger partial charge in [-0.15, -0.1) is 0 Å². The van der Waals surface area contributed by atoms with Crippen molar-refractivity contribution < 1.29 is 9.18 Å². The van der Waals surface area contributed by atoms with Gasteiger partial charge in [0, 0.05) is 5.56 Å². The Labute approximate surface area is 176 Å². The molecule has 1 heterocycles. The number of nitrogens with one attached hydrogen (secondary N) is 1. The molecule has 0 aliphatic heterocycles. The number of benzene rings is 2. The fourth-order valence-corrected chi connectivity index (χ4v) is 4.05. The third-order valence-corrected chi connectivity index (χ3v) is 5.66. The summed E-state index contributed by atoms with van der Waals surface area (Å²) in [4.78, 5) is 22.0. The van der Waals surface area contributed by atoms with Crippen molar-refractivity contribution in [1.82, 2.24) is 9.97 Å². The third-order valence-electron chi connectivity index (χ3n) is 5.66. The van der Waals surface area contributed by atoms with E-state index >= 15 is 0 Å². The zero-order chi connectivity index (χ0) is 20.8. The maximum Gasteiger partial charge on any atom is 0.229 e. The van der Waals surface area contributed by atoms with Crippen LogP contribution in [-0.4, -0.2) is 15.9 Å². The molecule has 4 nitrogen and oxygen atoms in total. The second kappa shape index (κ2) is 9.61. The van der Waals surface area contributed by atoms with E-state index in [1.807, 2.05) is 30.3 Å². The van der Waals surface area contributed by atoms with Gasteiger partial charge in [0.15, 0.2) is 5.82 Å². The van der Waals surface area contributed by atoms with E-state index in [1.54, 1.807) is 18.3 Å². The number of nitrogens with zero attached hydrogens (tertiary/aromatic N) is 2. The summed E-state index contributed by atoms with van der Waals surface area (Å²) in [6, 6.07) is 16.0. The maximum atomic E-state index is 13.1. The van der Waals surface area contributed by atoms with Gasteiger partial charge in [-0.1, -0.05) is 74.6 Å². The average molecular weight is 404 g/mol. The Morgan fingerprint density at radius 1 is 1.00 bits per heavy atom. The van der Waals surface area contributed by atoms with Gasteiger partial charge >= 0.3 is 0 Å². The first kappa shape index (κ1) is 20.2. The number of rotatable bonds is 6. The van der Waals surface area contributed by atoms with Crippen molar-refractivity contribution in [2.24, 2.45) is 5.92 Å². The average Bonchev–Trinajstić information content (AvgIpc) is 2.78. The second-order valence-corrected chi connectivity index (χ2v) is 7.98. The lowest BCUT2D eigenvalue weighted by Crippen LogP contribution is -2.19. The van der Waals surface area contributed by atoms with Crippen molar-refractivity contribution >= 4 is 11.7 Å². The molecule has 1 aliphatic rings. The van der Waals surface area contributed by atoms with Crippen molar-refractivity contribution in [3.8, 4) is 11.3 Å². The van der Waals surface area contributed by atoms with Gasteiger partial charge in [0.05, 0.1) is 24.0 Å². The molecule has 5 heteroatoms. The van der Waals surface area contributed by atoms with E-state index < -0.39 is 0 Å². The number of aromatic nitrogens is 2. The predicted octanol–water partition coefficient (Wildman–Crippen LogP) is 5.59. The van der Waals surface area contributed by atoms with Crippen LogP contribution in [0.1, 0.15) is 43.4 Å². The first-order chi connectivity index (χ1) is 14.7. The predicted molar refractivity (Wildman–Crippen MR) is 116 cm³/mol. The van der Waals surface area contributed by atoms with Crippen molar-refractivity contribution in [2.45, 2.75) is 44.9 Å². The molecule has 1 aliphatic carbocycles. The molecule has 0 saturated heterocycles. The summed E-state index contributed by atoms with van der Waals surface area (Å²) in [5.74, 6) is 0.628. The molecule has 1 aromatic heterocycles. The Morgan fingerprint density at radius 3 is 2.47 bits per heavy atom. The Bertz CT molecular complexity index is 983. The van der Waals surface area contributed by atoms with E-state index in [0.717, 1.165) is 28.9 Å². The zero-order valence-corrected chi connectivity index (χ0v) is 17.0. The van der Waals surface area contributed by atoms with Crippen LogP contribution in [-0.2, 0) is 17.6 Å². The van der Waals surface area contributed by atoms with Gasteiger partial charge < -0.3 is 5.32 Å². The summed E-state index contributed by atoms with van der Waals surface area (Å²) in [7, 11) is 0. The topological polar surface area (TPSA) is 54.9 Å². The monoisotopic (exact) mass is 403 g/mol. The van der Waals surface area contributed by atoms with Gasteiger partial charge in [-0.2, -0.15) is 0 Å². The van der Waals surface area contributed by atoms with Crippen molar-refractivity contribution in [3.05, 3.63) is 77.9 Å². The highest BCUT2D eigenvalue weighted by molar-refractivity contribution is 5.92. The van der Waals surface area contributed by atoms with Crippen molar-refractivity contribution in [1.29, 1.82) is 0 Å². The molecule has 154 valence electrons. The van der Waals surface area contributed by atoms with Crippen LogP contribution in [0.3, 0.4) is 0 Å². The fraction of sp³-hybridized carbons (Fsp3) is 0.320. The van der Waals surface area contributed by atoms with E-state index in [9.17, 15) is 9.18 Å². The molecule has 1 amide bonds. The highest BCUT2D eigenvalue weighted by atomic mass is 19.1. The maximum absolute atomic E-state index is 13.1. The molecule has 3 aromatic rings. The highest BCUT2D eigenvalue weighted by Crippen LogP contribution is 2.29. The van der Waals surface area contributed by atoms with E-state index in [2.05, 4.69) is 10.3 Å². The minimum atomic E-state index is -0.309. The van der Waals surface area contributed by atoms with Crippen LogP contribution < -0.4 is 5.32 Å². The molecule has 0 unspecified atom stereocenters. The molecule has 1 saturated carbocycles. The van der Waals surface area contributed by atoms with Crippen molar-refractivity contribution in [2.75, 3.05) is 5.32 Å². The Hall–Kier alpha value is -3.08. The molecule has 30 heavy (non-hydrogen) atoms. The number of amides is 1. The molecule has 0 bridgehead atoms. The molecular weight excluding hydrogens is 377 g/mol. The highest BCUT2D eigenvalue weighted by Gasteiger charge is 2.19. The van der Waals surface area contributed by atoms with Gasteiger partial charge in [0.2, 0.25) is 5.91 Å². The Balaban J connectivity index is 1.55. The van der Waals surface area contributed by atoms with Crippen LogP contribution in [0.2, 0.25) is 0 Å². The van der Waals surface area contributed by atoms with Crippen LogP contribution in [0.25, 0.3) is 11.3 Å². The second-order valence-electron chi connectivity index (χ2n) is 7.98. The van der Waals surface area contributed by atoms with Crippen LogP contribution >= 0.6 is 0 Å². The number of anilines is 1. The largest absolute Gasteiger partial charge is 0.309 e. The van der Waals surface area contributed by atoms with Crippen LogP contribution in [0.4, 0.5) is 10.2 Å². The smallest absolute Gasteiger partial charge is 0.229 e. The molecule has 0 radical (unpaired) electrons. The summed E-state index contributed by atoms with van der Waals surface area (Å²) in [5, 5.41) is 2.94. The number of carbonyl (C=O) groups excluding carboxylic acids is 1. The SMILES string of the molecule is O=C(Cc1ccc(F)cc1)Nc1ncc(-c2ccccc2)nc1CC1CCCCC1. The van der Waals surface area contributed by atoms with Gasteiger partial charge in [0.25, 0.3) is 0 Å². The Morgan fingerprint density at radius 2 is 1.73 bits per heavy atom. The molecule has 4 rings (SSSR count). The van der Waals surface area contributed by atoms with E-state index in [1.165, 1.54) is 44.2 Å². The molecule has 0 atom stereocenters. The number of hydrogen-bond acceptors (Lipinski definition) is 3. The Kier molecular flexibility index (Phi) is 6.47.